The zero-order valence-electron chi connectivity index (χ0n) is 19.6. The largest absolute Gasteiger partial charge is 0.465 e. The Morgan fingerprint density at radius 3 is 2.74 bits per heavy atom. The van der Waals surface area contributed by atoms with E-state index in [4.69, 9.17) is 14.2 Å². The Hall–Kier alpha value is -2.38. The summed E-state index contributed by atoms with van der Waals surface area (Å²) in [6, 6.07) is 5.20. The molecular formula is C28H31F3O4. The third-order valence-corrected chi connectivity index (χ3v) is 8.16. The fourth-order valence-electron chi connectivity index (χ4n) is 6.42. The van der Waals surface area contributed by atoms with Crippen LogP contribution in [0.15, 0.2) is 55.1 Å². The summed E-state index contributed by atoms with van der Waals surface area (Å²) in [4.78, 5) is 12.4. The molecule has 1 unspecified atom stereocenters. The minimum Gasteiger partial charge on any atom is -0.465 e. The second-order valence-electron chi connectivity index (χ2n) is 10.2. The number of ether oxygens (including phenoxy) is 3. The Morgan fingerprint density at radius 1 is 1.17 bits per heavy atom. The molecule has 4 fully saturated rings. The number of halogens is 3. The summed E-state index contributed by atoms with van der Waals surface area (Å²) < 4.78 is 56.5. The molecule has 188 valence electrons. The van der Waals surface area contributed by atoms with Crippen LogP contribution in [0.4, 0.5) is 13.2 Å². The van der Waals surface area contributed by atoms with Gasteiger partial charge in [0.2, 0.25) is 0 Å². The van der Waals surface area contributed by atoms with E-state index >= 15 is 0 Å². The Kier molecular flexibility index (Phi) is 6.66. The molecule has 2 heterocycles. The lowest BCUT2D eigenvalue weighted by molar-refractivity contribution is -0.205. The van der Waals surface area contributed by atoms with Crippen LogP contribution in [0.1, 0.15) is 43.2 Å². The second-order valence-corrected chi connectivity index (χ2v) is 10.2. The average molecular weight is 489 g/mol. The van der Waals surface area contributed by atoms with Gasteiger partial charge in [0.05, 0.1) is 31.3 Å². The van der Waals surface area contributed by atoms with E-state index in [9.17, 15) is 18.0 Å². The third kappa shape index (κ3) is 4.98. The van der Waals surface area contributed by atoms with E-state index in [1.807, 2.05) is 6.08 Å². The van der Waals surface area contributed by atoms with Crippen LogP contribution < -0.4 is 0 Å². The fourth-order valence-corrected chi connectivity index (χ4v) is 6.42. The summed E-state index contributed by atoms with van der Waals surface area (Å²) in [7, 11) is 0. The number of esters is 1. The van der Waals surface area contributed by atoms with Crippen molar-refractivity contribution < 1.29 is 32.2 Å². The van der Waals surface area contributed by atoms with Gasteiger partial charge in [0.1, 0.15) is 0 Å². The lowest BCUT2D eigenvalue weighted by Gasteiger charge is -2.49. The molecule has 2 saturated carbocycles. The molecule has 35 heavy (non-hydrogen) atoms. The first kappa shape index (κ1) is 24.3. The standard InChI is InChI=1S/C28H31F3O4/c1-18(19-7-5-8-21(14-19)28(29,30)31)6-3-2-4-9-22-24-16-27(34-12-13-35-27)11-10-20(24)15-23-25(22)17-33-26(23)32/h3-9,14,20,22-25H,1-2,10-13,15-17H2/b6-3-,9-4+/t20?,22-,23+,24+,25-/m1/s1. The van der Waals surface area contributed by atoms with Crippen LogP contribution in [0.25, 0.3) is 5.57 Å². The average Bonchev–Trinajstić information content (AvgIpc) is 3.44. The van der Waals surface area contributed by atoms with Crippen LogP contribution in [0, 0.1) is 29.6 Å². The van der Waals surface area contributed by atoms with Crippen molar-refractivity contribution in [2.24, 2.45) is 29.6 Å². The topological polar surface area (TPSA) is 44.8 Å². The lowest BCUT2D eigenvalue weighted by atomic mass is 9.57. The molecule has 0 aromatic heterocycles. The maximum Gasteiger partial charge on any atom is 0.416 e. The van der Waals surface area contributed by atoms with Crippen molar-refractivity contribution in [3.8, 4) is 0 Å². The number of carbonyl (C=O) groups is 1. The molecular weight excluding hydrogens is 457 g/mol. The van der Waals surface area contributed by atoms with Crippen LogP contribution in [0.5, 0.6) is 0 Å². The minimum absolute atomic E-state index is 0.0402. The minimum atomic E-state index is -4.38. The zero-order chi connectivity index (χ0) is 24.6. The van der Waals surface area contributed by atoms with Crippen LogP contribution in [-0.4, -0.2) is 31.6 Å². The van der Waals surface area contributed by atoms with Gasteiger partial charge in [0.25, 0.3) is 0 Å². The Morgan fingerprint density at radius 2 is 1.97 bits per heavy atom. The first-order valence-electron chi connectivity index (χ1n) is 12.4. The highest BCUT2D eigenvalue weighted by molar-refractivity contribution is 5.75. The highest BCUT2D eigenvalue weighted by atomic mass is 19.4. The quantitative estimate of drug-likeness (QED) is 0.282. The third-order valence-electron chi connectivity index (χ3n) is 8.16. The Bertz CT molecular complexity index is 1020. The number of hydrogen-bond acceptors (Lipinski definition) is 4. The van der Waals surface area contributed by atoms with E-state index in [1.165, 1.54) is 6.07 Å². The Labute approximate surface area is 203 Å². The summed E-state index contributed by atoms with van der Waals surface area (Å²) in [5.74, 6) is 0.603. The van der Waals surface area contributed by atoms with Gasteiger partial charge in [0, 0.05) is 18.8 Å². The van der Waals surface area contributed by atoms with Gasteiger partial charge in [-0.2, -0.15) is 13.2 Å². The van der Waals surface area contributed by atoms with E-state index in [1.54, 1.807) is 12.1 Å². The molecule has 7 heteroatoms. The predicted molar refractivity (Wildman–Crippen MR) is 125 cm³/mol. The maximum atomic E-state index is 13.0. The van der Waals surface area contributed by atoms with E-state index in [0.29, 0.717) is 49.2 Å². The normalized spacial score (nSPS) is 32.2. The van der Waals surface area contributed by atoms with E-state index < -0.39 is 17.5 Å². The van der Waals surface area contributed by atoms with E-state index in [0.717, 1.165) is 37.8 Å². The SMILES string of the molecule is C=C(/C=C\C/C=C/[C@H]1[C@H]2COC(=O)[C@H]2CC2CCC3(C[C@@H]21)OCCO3)c1cccc(C(F)(F)F)c1. The summed E-state index contributed by atoms with van der Waals surface area (Å²) >= 11 is 0. The molecule has 4 nitrogen and oxygen atoms in total. The summed E-state index contributed by atoms with van der Waals surface area (Å²) in [6.45, 7) is 5.64. The highest BCUT2D eigenvalue weighted by Gasteiger charge is 2.55. The number of alkyl halides is 3. The number of carbonyl (C=O) groups excluding carboxylic acids is 1. The molecule has 5 atom stereocenters. The van der Waals surface area contributed by atoms with Crippen molar-refractivity contribution in [1.82, 2.24) is 0 Å². The number of fused-ring (bicyclic) bond motifs is 2. The van der Waals surface area contributed by atoms with Gasteiger partial charge in [-0.25, -0.2) is 0 Å². The molecule has 2 saturated heterocycles. The van der Waals surface area contributed by atoms with Crippen LogP contribution >= 0.6 is 0 Å². The summed E-state index contributed by atoms with van der Waals surface area (Å²) in [6.07, 6.45) is 7.77. The molecule has 1 spiro atoms. The molecule has 2 aliphatic carbocycles. The van der Waals surface area contributed by atoms with Gasteiger partial charge in [-0.1, -0.05) is 43.0 Å². The number of cyclic esters (lactones) is 1. The van der Waals surface area contributed by atoms with Crippen molar-refractivity contribution in [2.45, 2.75) is 44.1 Å². The highest BCUT2D eigenvalue weighted by Crippen LogP contribution is 2.55. The lowest BCUT2D eigenvalue weighted by Crippen LogP contribution is -2.48. The van der Waals surface area contributed by atoms with Gasteiger partial charge in [-0.3, -0.25) is 4.79 Å². The maximum absolute atomic E-state index is 13.0. The van der Waals surface area contributed by atoms with Crippen molar-refractivity contribution in [2.75, 3.05) is 19.8 Å². The molecule has 5 rings (SSSR count). The van der Waals surface area contributed by atoms with Crippen molar-refractivity contribution in [3.63, 3.8) is 0 Å². The van der Waals surface area contributed by atoms with Gasteiger partial charge in [0.15, 0.2) is 5.79 Å². The monoisotopic (exact) mass is 488 g/mol. The van der Waals surface area contributed by atoms with Crippen LogP contribution in [0.3, 0.4) is 0 Å². The number of benzene rings is 1. The van der Waals surface area contributed by atoms with Gasteiger partial charge in [-0.05, 0) is 60.3 Å². The van der Waals surface area contributed by atoms with Crippen molar-refractivity contribution in [3.05, 3.63) is 66.3 Å². The number of hydrogen-bond donors (Lipinski definition) is 0. The molecule has 0 N–H and O–H groups in total. The first-order valence-corrected chi connectivity index (χ1v) is 12.4. The summed E-state index contributed by atoms with van der Waals surface area (Å²) in [5.41, 5.74) is 0.296. The summed E-state index contributed by atoms with van der Waals surface area (Å²) in [5, 5.41) is 0. The molecule has 1 aromatic carbocycles. The first-order chi connectivity index (χ1) is 16.8. The smallest absolute Gasteiger partial charge is 0.416 e. The molecule has 0 radical (unpaired) electrons. The van der Waals surface area contributed by atoms with Crippen molar-refractivity contribution in [1.29, 1.82) is 0 Å². The van der Waals surface area contributed by atoms with E-state index in [2.05, 4.69) is 18.7 Å². The predicted octanol–water partition coefficient (Wildman–Crippen LogP) is 6.19. The van der Waals surface area contributed by atoms with Crippen molar-refractivity contribution >= 4 is 11.5 Å². The molecule has 0 amide bonds. The molecule has 2 aliphatic heterocycles. The molecule has 1 aromatic rings. The zero-order valence-corrected chi connectivity index (χ0v) is 19.6. The molecule has 0 bridgehead atoms. The number of allylic oxidation sites excluding steroid dienone is 5. The molecule has 4 aliphatic rings. The number of rotatable bonds is 5. The van der Waals surface area contributed by atoms with Crippen LogP contribution in [0.2, 0.25) is 0 Å². The van der Waals surface area contributed by atoms with Gasteiger partial charge in [-0.15, -0.1) is 0 Å². The van der Waals surface area contributed by atoms with E-state index in [-0.39, 0.29) is 23.7 Å². The van der Waals surface area contributed by atoms with Gasteiger partial charge < -0.3 is 14.2 Å². The van der Waals surface area contributed by atoms with Crippen LogP contribution in [-0.2, 0) is 25.2 Å². The Balaban J connectivity index is 1.26. The second kappa shape index (κ2) is 9.58. The van der Waals surface area contributed by atoms with Gasteiger partial charge >= 0.3 is 12.1 Å². The fraction of sp³-hybridized carbons (Fsp3) is 0.536.